The van der Waals surface area contributed by atoms with Crippen LogP contribution < -0.4 is 4.90 Å². The molecule has 0 spiro atoms. The molecule has 1 amide bonds. The Labute approximate surface area is 208 Å². The second-order valence-corrected chi connectivity index (χ2v) is 8.65. The van der Waals surface area contributed by atoms with Gasteiger partial charge in [-0.15, -0.1) is 20.4 Å². The van der Waals surface area contributed by atoms with Gasteiger partial charge in [0.25, 0.3) is 5.91 Å². The van der Waals surface area contributed by atoms with E-state index in [2.05, 4.69) is 53.1 Å². The predicted molar refractivity (Wildman–Crippen MR) is 135 cm³/mol. The summed E-state index contributed by atoms with van der Waals surface area (Å²) in [5.74, 6) is 0.727. The smallest absolute Gasteiger partial charge is 0.265 e. The van der Waals surface area contributed by atoms with Crippen LogP contribution in [-0.4, -0.2) is 65.3 Å². The number of hydrogen-bond donors (Lipinski definition) is 2. The number of amides is 1. The highest BCUT2D eigenvalue weighted by molar-refractivity contribution is 6.27. The molecule has 184 valence electrons. The Balaban J connectivity index is 1.55. The third-order valence-corrected chi connectivity index (χ3v) is 6.58. The van der Waals surface area contributed by atoms with Gasteiger partial charge in [-0.3, -0.25) is 9.69 Å². The number of aromatic amines is 2. The zero-order valence-corrected chi connectivity index (χ0v) is 20.5. The van der Waals surface area contributed by atoms with E-state index in [9.17, 15) is 4.79 Å². The number of rotatable bonds is 8. The monoisotopic (exact) mass is 484 g/mol. The van der Waals surface area contributed by atoms with Crippen LogP contribution in [0.1, 0.15) is 45.4 Å². The van der Waals surface area contributed by atoms with E-state index in [1.54, 1.807) is 0 Å². The first-order valence-electron chi connectivity index (χ1n) is 12.1. The van der Waals surface area contributed by atoms with Crippen LogP contribution in [0.5, 0.6) is 0 Å². The first-order chi connectivity index (χ1) is 17.6. The Bertz CT molecular complexity index is 1350. The lowest BCUT2D eigenvalue weighted by Gasteiger charge is -2.44. The number of carbonyl (C=O) groups is 1. The molecule has 0 saturated heterocycles. The van der Waals surface area contributed by atoms with Crippen molar-refractivity contribution in [3.05, 3.63) is 60.1 Å². The first kappa shape index (κ1) is 23.3. The highest BCUT2D eigenvalue weighted by Gasteiger charge is 2.39. The fourth-order valence-corrected chi connectivity index (χ4v) is 4.83. The van der Waals surface area contributed by atoms with Gasteiger partial charge in [0.1, 0.15) is 11.7 Å². The van der Waals surface area contributed by atoms with Crippen LogP contribution in [0.25, 0.3) is 28.1 Å². The predicted octanol–water partition coefficient (Wildman–Crippen LogP) is 3.66. The third-order valence-electron chi connectivity index (χ3n) is 6.58. The van der Waals surface area contributed by atoms with Gasteiger partial charge < -0.3 is 4.90 Å². The number of carbonyl (C=O) groups excluding carboxylic acids is 1. The van der Waals surface area contributed by atoms with Crippen molar-refractivity contribution in [1.82, 2.24) is 46.1 Å². The summed E-state index contributed by atoms with van der Waals surface area (Å²) in [5, 5.41) is 28.9. The number of tetrazole rings is 2. The van der Waals surface area contributed by atoms with Gasteiger partial charge in [0, 0.05) is 24.0 Å². The van der Waals surface area contributed by atoms with Crippen molar-refractivity contribution in [3.63, 3.8) is 0 Å². The molecule has 2 aromatic heterocycles. The topological polar surface area (TPSA) is 132 Å². The van der Waals surface area contributed by atoms with E-state index in [4.69, 9.17) is 0 Å². The number of H-pyrrole nitrogens is 2. The fourth-order valence-electron chi connectivity index (χ4n) is 4.83. The number of allylic oxidation sites excluding steroid dienone is 1. The summed E-state index contributed by atoms with van der Waals surface area (Å²) in [6, 6.07) is 15.9. The second kappa shape index (κ2) is 10.1. The average Bonchev–Trinajstić information content (AvgIpc) is 3.64. The maximum Gasteiger partial charge on any atom is 0.265 e. The maximum atomic E-state index is 14.0. The average molecular weight is 485 g/mol. The van der Waals surface area contributed by atoms with Crippen molar-refractivity contribution in [2.75, 3.05) is 11.9 Å². The van der Waals surface area contributed by atoms with Gasteiger partial charge in [-0.25, -0.2) is 0 Å². The van der Waals surface area contributed by atoms with E-state index in [-0.39, 0.29) is 12.1 Å². The number of unbranched alkanes of at least 4 members (excludes halogenated alkanes) is 1. The van der Waals surface area contributed by atoms with Crippen LogP contribution in [0, 0.1) is 0 Å². The van der Waals surface area contributed by atoms with Crippen LogP contribution >= 0.6 is 0 Å². The lowest BCUT2D eigenvalue weighted by atomic mass is 9.97. The molecular weight excluding hydrogens is 456 g/mol. The van der Waals surface area contributed by atoms with Crippen molar-refractivity contribution < 1.29 is 4.79 Å². The minimum absolute atomic E-state index is 0.111. The molecule has 1 aliphatic heterocycles. The zero-order valence-electron chi connectivity index (χ0n) is 20.5. The summed E-state index contributed by atoms with van der Waals surface area (Å²) >= 11 is 0. The summed E-state index contributed by atoms with van der Waals surface area (Å²) in [4.78, 5) is 18.0. The molecule has 3 heterocycles. The van der Waals surface area contributed by atoms with Crippen LogP contribution in [0.15, 0.2) is 54.2 Å². The molecule has 0 saturated carbocycles. The van der Waals surface area contributed by atoms with Gasteiger partial charge in [-0.2, -0.15) is 10.4 Å². The van der Waals surface area contributed by atoms with Crippen molar-refractivity contribution in [2.24, 2.45) is 0 Å². The summed E-state index contributed by atoms with van der Waals surface area (Å²) in [6.07, 6.45) is 3.48. The number of nitrogens with one attached hydrogen (secondary N) is 2. The molecule has 2 N–H and O–H groups in total. The molecule has 4 aromatic rings. The van der Waals surface area contributed by atoms with Gasteiger partial charge in [-0.05, 0) is 52.9 Å². The first-order valence-corrected chi connectivity index (χ1v) is 12.1. The van der Waals surface area contributed by atoms with Crippen molar-refractivity contribution in [3.8, 4) is 22.5 Å². The molecular formula is C25H28N10O. The fraction of sp³-hybridized carbons (Fsp3) is 0.320. The van der Waals surface area contributed by atoms with Crippen LogP contribution in [0.3, 0.4) is 0 Å². The number of anilines is 1. The molecule has 11 heteroatoms. The normalized spacial score (nSPS) is 16.2. The van der Waals surface area contributed by atoms with Crippen molar-refractivity contribution in [1.29, 1.82) is 0 Å². The van der Waals surface area contributed by atoms with Crippen molar-refractivity contribution in [2.45, 2.75) is 45.7 Å². The van der Waals surface area contributed by atoms with E-state index >= 15 is 0 Å². The molecule has 36 heavy (non-hydrogen) atoms. The Kier molecular flexibility index (Phi) is 6.52. The molecule has 1 atom stereocenters. The van der Waals surface area contributed by atoms with E-state index < -0.39 is 0 Å². The summed E-state index contributed by atoms with van der Waals surface area (Å²) < 4.78 is 0. The Morgan fingerprint density at radius 1 is 0.889 bits per heavy atom. The third kappa shape index (κ3) is 4.12. The quantitative estimate of drug-likeness (QED) is 0.387. The summed E-state index contributed by atoms with van der Waals surface area (Å²) in [7, 11) is 2.04. The molecule has 1 aliphatic rings. The number of nitrogens with zero attached hydrogens (tertiary/aromatic N) is 8. The molecule has 11 nitrogen and oxygen atoms in total. The van der Waals surface area contributed by atoms with Gasteiger partial charge in [-0.1, -0.05) is 56.7 Å². The molecule has 0 radical (unpaired) electrons. The lowest BCUT2D eigenvalue weighted by molar-refractivity contribution is -0.115. The highest BCUT2D eigenvalue weighted by Crippen LogP contribution is 2.37. The second-order valence-electron chi connectivity index (χ2n) is 8.65. The van der Waals surface area contributed by atoms with Gasteiger partial charge >= 0.3 is 0 Å². The lowest BCUT2D eigenvalue weighted by Crippen LogP contribution is -2.54. The van der Waals surface area contributed by atoms with Gasteiger partial charge in [0.15, 0.2) is 0 Å². The van der Waals surface area contributed by atoms with Gasteiger partial charge in [0.05, 0.1) is 0 Å². The Morgan fingerprint density at radius 2 is 1.56 bits per heavy atom. The molecule has 5 rings (SSSR count). The van der Waals surface area contributed by atoms with Crippen LogP contribution in [0.4, 0.5) is 5.69 Å². The molecule has 2 aromatic carbocycles. The summed E-state index contributed by atoms with van der Waals surface area (Å²) in [6.45, 7) is 4.20. The Morgan fingerprint density at radius 3 is 2.17 bits per heavy atom. The van der Waals surface area contributed by atoms with E-state index in [0.29, 0.717) is 23.6 Å². The van der Waals surface area contributed by atoms with Crippen LogP contribution in [0.2, 0.25) is 0 Å². The number of hydrogen-bond acceptors (Lipinski definition) is 8. The number of aromatic nitrogens is 8. The van der Waals surface area contributed by atoms with E-state index in [1.807, 2.05) is 67.4 Å². The molecule has 1 unspecified atom stereocenters. The minimum atomic E-state index is -0.118. The maximum absolute atomic E-state index is 14.0. The standard InChI is InChI=1S/C25H28N10O/c1-4-6-11-21-34(3)20(5-2)22(24-28-32-33-29-24)25(36)35(21)17-14-12-16(13-15-17)18-9-7-8-10-19(18)23-26-30-31-27-23/h7-10,12-15,21H,4-6,11H2,1-3H3,(H,26,27,30,31)(H,28,29,32,33). The molecule has 0 aliphatic carbocycles. The van der Waals surface area contributed by atoms with E-state index in [0.717, 1.165) is 47.3 Å². The number of benzene rings is 2. The molecule has 0 bridgehead atoms. The molecule has 0 fully saturated rings. The van der Waals surface area contributed by atoms with Crippen LogP contribution in [-0.2, 0) is 4.79 Å². The zero-order chi connectivity index (χ0) is 25.1. The Hall–Kier alpha value is -4.41. The van der Waals surface area contributed by atoms with Gasteiger partial charge in [0.2, 0.25) is 11.6 Å². The minimum Gasteiger partial charge on any atom is -0.356 e. The highest BCUT2D eigenvalue weighted by atomic mass is 16.2. The SMILES string of the molecule is CCCCC1N(C)C(CC)=C(c2nn[nH]n2)C(=O)N1c1ccc(-c2ccccc2-c2nn[nH]n2)cc1. The largest absolute Gasteiger partial charge is 0.356 e. The van der Waals surface area contributed by atoms with E-state index in [1.165, 1.54) is 0 Å². The van der Waals surface area contributed by atoms with Crippen molar-refractivity contribution >= 4 is 17.2 Å². The summed E-state index contributed by atoms with van der Waals surface area (Å²) in [5.41, 5.74) is 5.06.